The molecule has 0 aromatic heterocycles. The number of anilines is 2. The highest BCUT2D eigenvalue weighted by atomic mass is 16.6. The molecule has 0 aliphatic rings. The van der Waals surface area contributed by atoms with E-state index in [1.165, 1.54) is 12.1 Å². The number of hydrogen-bond donors (Lipinski definition) is 3. The predicted octanol–water partition coefficient (Wildman–Crippen LogP) is 2.07. The number of nitrogens with zero attached hydrogens (tertiary/aromatic N) is 1. The van der Waals surface area contributed by atoms with Gasteiger partial charge in [0.15, 0.2) is 0 Å². The van der Waals surface area contributed by atoms with Crippen molar-refractivity contribution >= 4 is 17.1 Å². The van der Waals surface area contributed by atoms with Gasteiger partial charge in [-0.2, -0.15) is 0 Å². The van der Waals surface area contributed by atoms with E-state index >= 15 is 0 Å². The van der Waals surface area contributed by atoms with Crippen LogP contribution >= 0.6 is 0 Å². The van der Waals surface area contributed by atoms with Gasteiger partial charge >= 0.3 is 0 Å². The van der Waals surface area contributed by atoms with Crippen molar-refractivity contribution in [3.63, 3.8) is 0 Å². The van der Waals surface area contributed by atoms with E-state index in [-0.39, 0.29) is 17.7 Å². The Bertz CT molecular complexity index is 433. The molecule has 0 saturated heterocycles. The van der Waals surface area contributed by atoms with Crippen molar-refractivity contribution in [2.24, 2.45) is 5.41 Å². The molecule has 0 atom stereocenters. The van der Waals surface area contributed by atoms with Gasteiger partial charge in [-0.3, -0.25) is 10.1 Å². The molecule has 6 nitrogen and oxygen atoms in total. The fourth-order valence-corrected chi connectivity index (χ4v) is 1.36. The van der Waals surface area contributed by atoms with E-state index in [0.29, 0.717) is 17.9 Å². The molecule has 18 heavy (non-hydrogen) atoms. The Balaban J connectivity index is 2.88. The summed E-state index contributed by atoms with van der Waals surface area (Å²) in [4.78, 5) is 10.4. The highest BCUT2D eigenvalue weighted by Crippen LogP contribution is 2.25. The van der Waals surface area contributed by atoms with Gasteiger partial charge in [-0.1, -0.05) is 13.8 Å². The zero-order valence-corrected chi connectivity index (χ0v) is 10.9. The van der Waals surface area contributed by atoms with Gasteiger partial charge in [0.25, 0.3) is 5.69 Å². The quantitative estimate of drug-likeness (QED) is 0.533. The van der Waals surface area contributed by atoms with Gasteiger partial charge in [0.2, 0.25) is 0 Å². The first-order chi connectivity index (χ1) is 8.38. The van der Waals surface area contributed by atoms with Gasteiger partial charge in [-0.05, 0) is 6.07 Å². The van der Waals surface area contributed by atoms with E-state index in [2.05, 4.69) is 10.6 Å². The summed E-state index contributed by atoms with van der Waals surface area (Å²) in [5.74, 6) is 0. The molecule has 100 valence electrons. The number of benzene rings is 1. The molecular weight excluding hydrogens is 234 g/mol. The predicted molar refractivity (Wildman–Crippen MR) is 72.0 cm³/mol. The number of nitrogens with one attached hydrogen (secondary N) is 2. The number of aliphatic hydroxyl groups excluding tert-OH is 1. The van der Waals surface area contributed by atoms with Crippen molar-refractivity contribution in [3.05, 3.63) is 28.3 Å². The summed E-state index contributed by atoms with van der Waals surface area (Å²) in [5.41, 5.74) is 1.10. The van der Waals surface area contributed by atoms with Crippen molar-refractivity contribution in [3.8, 4) is 0 Å². The minimum Gasteiger partial charge on any atom is -0.396 e. The molecule has 1 rings (SSSR count). The number of nitro benzene ring substituents is 1. The normalized spacial score (nSPS) is 11.1. The smallest absolute Gasteiger partial charge is 0.273 e. The average molecular weight is 253 g/mol. The van der Waals surface area contributed by atoms with Crippen LogP contribution in [0.2, 0.25) is 0 Å². The van der Waals surface area contributed by atoms with Crippen LogP contribution in [-0.2, 0) is 0 Å². The maximum Gasteiger partial charge on any atom is 0.273 e. The van der Waals surface area contributed by atoms with Crippen LogP contribution in [0.4, 0.5) is 17.1 Å². The van der Waals surface area contributed by atoms with E-state index in [1.54, 1.807) is 13.1 Å². The van der Waals surface area contributed by atoms with Crippen LogP contribution in [0.3, 0.4) is 0 Å². The van der Waals surface area contributed by atoms with Gasteiger partial charge in [0.05, 0.1) is 4.92 Å². The van der Waals surface area contributed by atoms with Crippen LogP contribution in [0.1, 0.15) is 13.8 Å². The molecule has 0 saturated carbocycles. The molecule has 0 aliphatic heterocycles. The largest absolute Gasteiger partial charge is 0.396 e. The lowest BCUT2D eigenvalue weighted by Crippen LogP contribution is -2.26. The highest BCUT2D eigenvalue weighted by molar-refractivity contribution is 5.63. The highest BCUT2D eigenvalue weighted by Gasteiger charge is 2.17. The monoisotopic (exact) mass is 253 g/mol. The third-order valence-corrected chi connectivity index (χ3v) is 2.62. The molecular formula is C12H19N3O3. The fourth-order valence-electron chi connectivity index (χ4n) is 1.36. The molecule has 0 bridgehead atoms. The Hall–Kier alpha value is -1.82. The van der Waals surface area contributed by atoms with E-state index in [9.17, 15) is 10.1 Å². The molecule has 0 amide bonds. The van der Waals surface area contributed by atoms with Gasteiger partial charge in [-0.25, -0.2) is 0 Å². The van der Waals surface area contributed by atoms with Crippen LogP contribution in [0.25, 0.3) is 0 Å². The van der Waals surface area contributed by atoms with Crippen molar-refractivity contribution < 1.29 is 10.0 Å². The number of rotatable bonds is 6. The first-order valence-electron chi connectivity index (χ1n) is 5.70. The Morgan fingerprint density at radius 1 is 1.33 bits per heavy atom. The Morgan fingerprint density at radius 3 is 2.44 bits per heavy atom. The maximum absolute atomic E-state index is 10.8. The molecule has 6 heteroatoms. The molecule has 1 aromatic carbocycles. The van der Waals surface area contributed by atoms with Crippen LogP contribution < -0.4 is 10.6 Å². The maximum atomic E-state index is 10.8. The average Bonchev–Trinajstić information content (AvgIpc) is 2.36. The summed E-state index contributed by atoms with van der Waals surface area (Å²) in [6, 6.07) is 4.75. The summed E-state index contributed by atoms with van der Waals surface area (Å²) in [5, 5.41) is 25.9. The van der Waals surface area contributed by atoms with Gasteiger partial charge in [0, 0.05) is 49.1 Å². The summed E-state index contributed by atoms with van der Waals surface area (Å²) in [6.07, 6.45) is 0. The summed E-state index contributed by atoms with van der Waals surface area (Å²) < 4.78 is 0. The number of non-ortho nitro benzene ring substituents is 1. The first-order valence-corrected chi connectivity index (χ1v) is 5.70. The van der Waals surface area contributed by atoms with Gasteiger partial charge in [0.1, 0.15) is 0 Å². The summed E-state index contributed by atoms with van der Waals surface area (Å²) >= 11 is 0. The molecule has 0 radical (unpaired) electrons. The molecule has 0 fully saturated rings. The van der Waals surface area contributed by atoms with E-state index in [0.717, 1.165) is 0 Å². The van der Waals surface area contributed by atoms with Crippen LogP contribution in [0.5, 0.6) is 0 Å². The SMILES string of the molecule is CNc1cc(NCC(C)(C)CO)cc([N+](=O)[O-])c1. The zero-order valence-electron chi connectivity index (χ0n) is 10.9. The lowest BCUT2D eigenvalue weighted by Gasteiger charge is -2.22. The molecule has 0 aliphatic carbocycles. The number of aliphatic hydroxyl groups is 1. The molecule has 3 N–H and O–H groups in total. The first kappa shape index (κ1) is 14.2. The Kier molecular flexibility index (Phi) is 4.49. The lowest BCUT2D eigenvalue weighted by atomic mass is 9.95. The number of nitro groups is 1. The van der Waals surface area contributed by atoms with Crippen LogP contribution in [0, 0.1) is 15.5 Å². The van der Waals surface area contributed by atoms with Crippen molar-refractivity contribution in [2.45, 2.75) is 13.8 Å². The summed E-state index contributed by atoms with van der Waals surface area (Å²) in [7, 11) is 1.71. The third kappa shape index (κ3) is 3.89. The second-order valence-electron chi connectivity index (χ2n) is 4.95. The van der Waals surface area contributed by atoms with E-state index in [4.69, 9.17) is 5.11 Å². The topological polar surface area (TPSA) is 87.4 Å². The van der Waals surface area contributed by atoms with E-state index < -0.39 is 4.92 Å². The molecule has 0 unspecified atom stereocenters. The molecule has 0 spiro atoms. The van der Waals surface area contributed by atoms with Crippen LogP contribution in [0.15, 0.2) is 18.2 Å². The zero-order chi connectivity index (χ0) is 13.8. The van der Waals surface area contributed by atoms with Crippen LogP contribution in [-0.4, -0.2) is 30.2 Å². The lowest BCUT2D eigenvalue weighted by molar-refractivity contribution is -0.384. The molecule has 1 aromatic rings. The van der Waals surface area contributed by atoms with E-state index in [1.807, 2.05) is 13.8 Å². The second kappa shape index (κ2) is 5.68. The molecule has 0 heterocycles. The van der Waals surface area contributed by atoms with Crippen molar-refractivity contribution in [1.82, 2.24) is 0 Å². The summed E-state index contributed by atoms with van der Waals surface area (Å²) in [6.45, 7) is 4.41. The number of hydrogen-bond acceptors (Lipinski definition) is 5. The standard InChI is InChI=1S/C12H19N3O3/c1-12(2,8-16)7-14-10-4-9(13-3)5-11(6-10)15(17)18/h4-6,13-14,16H,7-8H2,1-3H3. The fraction of sp³-hybridized carbons (Fsp3) is 0.500. The Labute approximate surface area is 106 Å². The third-order valence-electron chi connectivity index (χ3n) is 2.62. The van der Waals surface area contributed by atoms with Gasteiger partial charge < -0.3 is 15.7 Å². The minimum absolute atomic E-state index is 0.0335. The minimum atomic E-state index is -0.427. The van der Waals surface area contributed by atoms with Gasteiger partial charge in [-0.15, -0.1) is 0 Å². The van der Waals surface area contributed by atoms with Crippen molar-refractivity contribution in [1.29, 1.82) is 0 Å². The van der Waals surface area contributed by atoms with Crippen molar-refractivity contribution in [2.75, 3.05) is 30.8 Å². The second-order valence-corrected chi connectivity index (χ2v) is 4.95. The Morgan fingerprint density at radius 2 is 1.94 bits per heavy atom.